The largest absolute Gasteiger partial charge is 0.376 e. The summed E-state index contributed by atoms with van der Waals surface area (Å²) in [6, 6.07) is 7.83. The van der Waals surface area contributed by atoms with Gasteiger partial charge in [0, 0.05) is 22.6 Å². The van der Waals surface area contributed by atoms with Crippen molar-refractivity contribution in [3.05, 3.63) is 34.3 Å². The van der Waals surface area contributed by atoms with Gasteiger partial charge in [-0.3, -0.25) is 9.69 Å². The summed E-state index contributed by atoms with van der Waals surface area (Å²) in [6.45, 7) is 6.14. The normalized spacial score (nSPS) is 25.1. The molecule has 1 heterocycles. The van der Waals surface area contributed by atoms with Crippen LogP contribution in [-0.4, -0.2) is 42.5 Å². The van der Waals surface area contributed by atoms with Crippen LogP contribution in [0.5, 0.6) is 0 Å². The van der Waals surface area contributed by atoms with E-state index in [-0.39, 0.29) is 11.9 Å². The van der Waals surface area contributed by atoms with Crippen molar-refractivity contribution in [3.63, 3.8) is 0 Å². The first-order valence-electron chi connectivity index (χ1n) is 6.20. The quantitative estimate of drug-likeness (QED) is 0.804. The SMILES string of the molecule is CC1CN(CC(=O)c2ccc(Br)cc2)C(C)CO1. The summed E-state index contributed by atoms with van der Waals surface area (Å²) in [5.41, 5.74) is 0.768. The molecule has 1 aromatic rings. The van der Waals surface area contributed by atoms with E-state index in [0.29, 0.717) is 19.2 Å². The van der Waals surface area contributed by atoms with Crippen LogP contribution in [0.2, 0.25) is 0 Å². The van der Waals surface area contributed by atoms with Gasteiger partial charge in [0.15, 0.2) is 5.78 Å². The molecule has 18 heavy (non-hydrogen) atoms. The minimum atomic E-state index is 0.170. The lowest BCUT2D eigenvalue weighted by Gasteiger charge is -2.36. The van der Waals surface area contributed by atoms with Gasteiger partial charge in [-0.1, -0.05) is 28.1 Å². The third-order valence-corrected chi connectivity index (χ3v) is 3.78. The lowest BCUT2D eigenvalue weighted by Crippen LogP contribution is -2.49. The van der Waals surface area contributed by atoms with E-state index in [1.54, 1.807) is 0 Å². The van der Waals surface area contributed by atoms with E-state index in [4.69, 9.17) is 4.74 Å². The van der Waals surface area contributed by atoms with Crippen LogP contribution in [0, 0.1) is 0 Å². The molecular weight excluding hydrogens is 294 g/mol. The van der Waals surface area contributed by atoms with Gasteiger partial charge in [-0.15, -0.1) is 0 Å². The Kier molecular flexibility index (Phi) is 4.54. The number of nitrogens with zero attached hydrogens (tertiary/aromatic N) is 1. The number of carbonyl (C=O) groups excluding carboxylic acids is 1. The van der Waals surface area contributed by atoms with Crippen molar-refractivity contribution in [2.24, 2.45) is 0 Å². The third kappa shape index (κ3) is 3.40. The van der Waals surface area contributed by atoms with E-state index in [2.05, 4.69) is 27.8 Å². The number of ether oxygens (including phenoxy) is 1. The number of hydrogen-bond acceptors (Lipinski definition) is 3. The zero-order valence-electron chi connectivity index (χ0n) is 10.7. The van der Waals surface area contributed by atoms with Gasteiger partial charge in [-0.25, -0.2) is 0 Å². The number of Topliss-reactive ketones (excluding diaryl/α,β-unsaturated/α-hetero) is 1. The van der Waals surface area contributed by atoms with Crippen LogP contribution in [0.3, 0.4) is 0 Å². The van der Waals surface area contributed by atoms with Gasteiger partial charge in [0.25, 0.3) is 0 Å². The molecule has 0 amide bonds. The van der Waals surface area contributed by atoms with Gasteiger partial charge in [0.1, 0.15) is 0 Å². The number of rotatable bonds is 3. The third-order valence-electron chi connectivity index (χ3n) is 3.25. The molecule has 0 saturated carbocycles. The van der Waals surface area contributed by atoms with Gasteiger partial charge in [-0.05, 0) is 26.0 Å². The molecule has 1 aliphatic heterocycles. The molecule has 3 nitrogen and oxygen atoms in total. The van der Waals surface area contributed by atoms with E-state index in [1.807, 2.05) is 31.2 Å². The Morgan fingerprint density at radius 2 is 2.06 bits per heavy atom. The van der Waals surface area contributed by atoms with Crippen molar-refractivity contribution in [2.75, 3.05) is 19.7 Å². The number of ketones is 1. The minimum absolute atomic E-state index is 0.170. The molecule has 0 aromatic heterocycles. The molecule has 0 bridgehead atoms. The van der Waals surface area contributed by atoms with Crippen LogP contribution in [0.25, 0.3) is 0 Å². The molecule has 0 radical (unpaired) electrons. The molecule has 1 aromatic carbocycles. The summed E-state index contributed by atoms with van der Waals surface area (Å²) >= 11 is 3.37. The lowest BCUT2D eigenvalue weighted by molar-refractivity contribution is -0.0460. The predicted molar refractivity (Wildman–Crippen MR) is 74.9 cm³/mol. The second kappa shape index (κ2) is 5.95. The summed E-state index contributed by atoms with van der Waals surface area (Å²) in [6.07, 6.45) is 0.207. The van der Waals surface area contributed by atoms with Crippen molar-refractivity contribution in [1.29, 1.82) is 0 Å². The second-order valence-corrected chi connectivity index (χ2v) is 5.77. The van der Waals surface area contributed by atoms with Gasteiger partial charge in [-0.2, -0.15) is 0 Å². The molecule has 0 N–H and O–H groups in total. The average Bonchev–Trinajstić information content (AvgIpc) is 2.34. The summed E-state index contributed by atoms with van der Waals surface area (Å²) in [7, 11) is 0. The molecule has 1 fully saturated rings. The minimum Gasteiger partial charge on any atom is -0.376 e. The number of morpholine rings is 1. The molecule has 0 aliphatic carbocycles. The molecule has 2 atom stereocenters. The lowest BCUT2D eigenvalue weighted by atomic mass is 10.1. The highest BCUT2D eigenvalue weighted by atomic mass is 79.9. The Labute approximate surface area is 116 Å². The Morgan fingerprint density at radius 3 is 2.72 bits per heavy atom. The molecule has 2 unspecified atom stereocenters. The predicted octanol–water partition coefficient (Wildman–Crippen LogP) is 2.74. The van der Waals surface area contributed by atoms with Crippen LogP contribution >= 0.6 is 15.9 Å². The van der Waals surface area contributed by atoms with E-state index in [0.717, 1.165) is 16.6 Å². The fourth-order valence-electron chi connectivity index (χ4n) is 2.10. The van der Waals surface area contributed by atoms with E-state index in [9.17, 15) is 4.79 Å². The van der Waals surface area contributed by atoms with E-state index >= 15 is 0 Å². The monoisotopic (exact) mass is 311 g/mol. The van der Waals surface area contributed by atoms with Crippen molar-refractivity contribution < 1.29 is 9.53 Å². The average molecular weight is 312 g/mol. The smallest absolute Gasteiger partial charge is 0.176 e. The van der Waals surface area contributed by atoms with Crippen molar-refractivity contribution in [2.45, 2.75) is 26.0 Å². The molecular formula is C14H18BrNO2. The summed E-state index contributed by atoms with van der Waals surface area (Å²) < 4.78 is 6.56. The molecule has 2 rings (SSSR count). The van der Waals surface area contributed by atoms with E-state index < -0.39 is 0 Å². The zero-order valence-corrected chi connectivity index (χ0v) is 12.3. The van der Waals surface area contributed by atoms with Crippen molar-refractivity contribution >= 4 is 21.7 Å². The summed E-state index contributed by atoms with van der Waals surface area (Å²) in [5, 5.41) is 0. The van der Waals surface area contributed by atoms with Crippen molar-refractivity contribution in [1.82, 2.24) is 4.90 Å². The van der Waals surface area contributed by atoms with Crippen molar-refractivity contribution in [3.8, 4) is 0 Å². The number of carbonyl (C=O) groups is 1. The number of hydrogen-bond donors (Lipinski definition) is 0. The highest BCUT2D eigenvalue weighted by Crippen LogP contribution is 2.14. The maximum Gasteiger partial charge on any atom is 0.176 e. The highest BCUT2D eigenvalue weighted by Gasteiger charge is 2.25. The zero-order chi connectivity index (χ0) is 13.1. The Hall–Kier alpha value is -0.710. The van der Waals surface area contributed by atoms with Crippen LogP contribution in [0.15, 0.2) is 28.7 Å². The molecule has 1 saturated heterocycles. The molecule has 1 aliphatic rings. The fraction of sp³-hybridized carbons (Fsp3) is 0.500. The number of benzene rings is 1. The topological polar surface area (TPSA) is 29.5 Å². The first-order chi connectivity index (χ1) is 8.56. The first kappa shape index (κ1) is 13.7. The first-order valence-corrected chi connectivity index (χ1v) is 7.00. The Bertz CT molecular complexity index is 418. The van der Waals surface area contributed by atoms with Gasteiger partial charge < -0.3 is 4.74 Å². The van der Waals surface area contributed by atoms with E-state index in [1.165, 1.54) is 0 Å². The van der Waals surface area contributed by atoms with Crippen LogP contribution in [0.4, 0.5) is 0 Å². The Morgan fingerprint density at radius 1 is 1.39 bits per heavy atom. The Balaban J connectivity index is 2.00. The van der Waals surface area contributed by atoms with Gasteiger partial charge >= 0.3 is 0 Å². The van der Waals surface area contributed by atoms with Crippen LogP contribution in [0.1, 0.15) is 24.2 Å². The fourth-order valence-corrected chi connectivity index (χ4v) is 2.37. The van der Waals surface area contributed by atoms with Crippen LogP contribution in [-0.2, 0) is 4.74 Å². The van der Waals surface area contributed by atoms with Crippen LogP contribution < -0.4 is 0 Å². The molecule has 98 valence electrons. The summed E-state index contributed by atoms with van der Waals surface area (Å²) in [5.74, 6) is 0.170. The van der Waals surface area contributed by atoms with Gasteiger partial charge in [0.2, 0.25) is 0 Å². The second-order valence-electron chi connectivity index (χ2n) is 4.85. The van der Waals surface area contributed by atoms with Gasteiger partial charge in [0.05, 0.1) is 19.3 Å². The highest BCUT2D eigenvalue weighted by molar-refractivity contribution is 9.10. The maximum atomic E-state index is 12.2. The maximum absolute atomic E-state index is 12.2. The standard InChI is InChI=1S/C14H18BrNO2/c1-10-9-18-11(2)7-16(10)8-14(17)12-3-5-13(15)6-4-12/h3-6,10-11H,7-9H2,1-2H3. The molecule has 4 heteroatoms. The number of halogens is 1. The molecule has 0 spiro atoms. The summed E-state index contributed by atoms with van der Waals surface area (Å²) in [4.78, 5) is 14.4.